The van der Waals surface area contributed by atoms with Crippen LogP contribution in [0.1, 0.15) is 31.7 Å². The molecule has 1 amide bonds. The standard InChI is InChI=1S/C18H25ClN2O3/c1-14-13-20(8-3-2-7-18(23)24)9-10-21(14)17(22)12-15-5-4-6-16(19)11-15/h4-6,11,14H,2-3,7-10,12-13H2,1H3,(H,23,24). The Kier molecular flexibility index (Phi) is 7.06. The smallest absolute Gasteiger partial charge is 0.303 e. The summed E-state index contributed by atoms with van der Waals surface area (Å²) in [6.45, 7) is 5.37. The molecule has 0 spiro atoms. The fraction of sp³-hybridized carbons (Fsp3) is 0.556. The number of halogens is 1. The molecular weight excluding hydrogens is 328 g/mol. The van der Waals surface area contributed by atoms with Crippen molar-refractivity contribution in [3.63, 3.8) is 0 Å². The number of benzene rings is 1. The largest absolute Gasteiger partial charge is 0.481 e. The van der Waals surface area contributed by atoms with Gasteiger partial charge in [-0.2, -0.15) is 0 Å². The topological polar surface area (TPSA) is 60.9 Å². The molecule has 1 N–H and O–H groups in total. The van der Waals surface area contributed by atoms with Gasteiger partial charge in [-0.15, -0.1) is 0 Å². The molecule has 1 saturated heterocycles. The van der Waals surface area contributed by atoms with Gasteiger partial charge in [0.2, 0.25) is 5.91 Å². The first-order chi connectivity index (χ1) is 11.5. The predicted molar refractivity (Wildman–Crippen MR) is 94.3 cm³/mol. The maximum absolute atomic E-state index is 12.5. The molecule has 0 saturated carbocycles. The van der Waals surface area contributed by atoms with E-state index in [1.54, 1.807) is 6.07 Å². The Morgan fingerprint density at radius 1 is 1.29 bits per heavy atom. The second kappa shape index (κ2) is 9.04. The summed E-state index contributed by atoms with van der Waals surface area (Å²) in [5.41, 5.74) is 0.941. The molecule has 0 aromatic heterocycles. The Hall–Kier alpha value is -1.59. The third-order valence-corrected chi connectivity index (χ3v) is 4.63. The van der Waals surface area contributed by atoms with Crippen molar-refractivity contribution in [2.45, 2.75) is 38.6 Å². The Morgan fingerprint density at radius 3 is 2.75 bits per heavy atom. The van der Waals surface area contributed by atoms with E-state index >= 15 is 0 Å². The van der Waals surface area contributed by atoms with Crippen LogP contribution in [0, 0.1) is 0 Å². The van der Waals surface area contributed by atoms with Crippen LogP contribution in [0.25, 0.3) is 0 Å². The first-order valence-electron chi connectivity index (χ1n) is 8.44. The molecule has 0 radical (unpaired) electrons. The van der Waals surface area contributed by atoms with E-state index < -0.39 is 5.97 Å². The van der Waals surface area contributed by atoms with E-state index in [1.165, 1.54) is 0 Å². The summed E-state index contributed by atoms with van der Waals surface area (Å²) < 4.78 is 0. The fourth-order valence-electron chi connectivity index (χ4n) is 3.14. The van der Waals surface area contributed by atoms with Crippen molar-refractivity contribution in [2.75, 3.05) is 26.2 Å². The van der Waals surface area contributed by atoms with Crippen molar-refractivity contribution in [3.8, 4) is 0 Å². The molecule has 132 valence electrons. The second-order valence-corrected chi connectivity index (χ2v) is 6.83. The number of rotatable bonds is 7. The average molecular weight is 353 g/mol. The minimum Gasteiger partial charge on any atom is -0.481 e. The quantitative estimate of drug-likeness (QED) is 0.766. The van der Waals surface area contributed by atoms with Gasteiger partial charge in [-0.3, -0.25) is 14.5 Å². The van der Waals surface area contributed by atoms with E-state index in [0.29, 0.717) is 17.9 Å². The van der Waals surface area contributed by atoms with Gasteiger partial charge in [0, 0.05) is 37.1 Å². The van der Waals surface area contributed by atoms with Gasteiger partial charge < -0.3 is 10.0 Å². The van der Waals surface area contributed by atoms with Crippen LogP contribution in [0.15, 0.2) is 24.3 Å². The van der Waals surface area contributed by atoms with Crippen molar-refractivity contribution in [1.29, 1.82) is 0 Å². The number of hydrogen-bond donors (Lipinski definition) is 1. The van der Waals surface area contributed by atoms with Crippen LogP contribution >= 0.6 is 11.6 Å². The highest BCUT2D eigenvalue weighted by molar-refractivity contribution is 6.30. The van der Waals surface area contributed by atoms with Crippen molar-refractivity contribution in [3.05, 3.63) is 34.9 Å². The summed E-state index contributed by atoms with van der Waals surface area (Å²) in [7, 11) is 0. The number of unbranched alkanes of at least 4 members (excludes halogenated alkanes) is 1. The lowest BCUT2D eigenvalue weighted by Crippen LogP contribution is -2.54. The Balaban J connectivity index is 1.78. The molecule has 1 atom stereocenters. The summed E-state index contributed by atoms with van der Waals surface area (Å²) in [5.74, 6) is -0.602. The first kappa shape index (κ1) is 18.7. The molecule has 1 unspecified atom stereocenters. The van der Waals surface area contributed by atoms with Crippen LogP contribution in [-0.2, 0) is 16.0 Å². The summed E-state index contributed by atoms with van der Waals surface area (Å²) in [4.78, 5) is 27.3. The highest BCUT2D eigenvalue weighted by Gasteiger charge is 2.26. The number of amides is 1. The van der Waals surface area contributed by atoms with Crippen LogP contribution in [-0.4, -0.2) is 59.0 Å². The zero-order chi connectivity index (χ0) is 17.5. The SMILES string of the molecule is CC1CN(CCCCC(=O)O)CCN1C(=O)Cc1cccc(Cl)c1. The number of carbonyl (C=O) groups excluding carboxylic acids is 1. The molecule has 1 aliphatic heterocycles. The molecule has 24 heavy (non-hydrogen) atoms. The fourth-order valence-corrected chi connectivity index (χ4v) is 3.35. The molecule has 1 heterocycles. The van der Waals surface area contributed by atoms with Crippen LogP contribution in [0.5, 0.6) is 0 Å². The van der Waals surface area contributed by atoms with Crippen LogP contribution in [0.3, 0.4) is 0 Å². The van der Waals surface area contributed by atoms with Crippen LogP contribution in [0.4, 0.5) is 0 Å². The molecule has 0 bridgehead atoms. The number of hydrogen-bond acceptors (Lipinski definition) is 3. The van der Waals surface area contributed by atoms with Gasteiger partial charge in [-0.1, -0.05) is 23.7 Å². The summed E-state index contributed by atoms with van der Waals surface area (Å²) in [6, 6.07) is 7.60. The van der Waals surface area contributed by atoms with Crippen molar-refractivity contribution in [1.82, 2.24) is 9.80 Å². The molecule has 1 fully saturated rings. The van der Waals surface area contributed by atoms with Crippen molar-refractivity contribution >= 4 is 23.5 Å². The van der Waals surface area contributed by atoms with Gasteiger partial charge in [0.05, 0.1) is 6.42 Å². The number of nitrogens with zero attached hydrogens (tertiary/aromatic N) is 2. The zero-order valence-corrected chi connectivity index (χ0v) is 14.8. The van der Waals surface area contributed by atoms with E-state index in [0.717, 1.165) is 38.2 Å². The Morgan fingerprint density at radius 2 is 2.08 bits per heavy atom. The van der Waals surface area contributed by atoms with Gasteiger partial charge in [0.15, 0.2) is 0 Å². The lowest BCUT2D eigenvalue weighted by Gasteiger charge is -2.40. The molecule has 1 aliphatic rings. The highest BCUT2D eigenvalue weighted by atomic mass is 35.5. The average Bonchev–Trinajstić information content (AvgIpc) is 2.51. The van der Waals surface area contributed by atoms with Gasteiger partial charge in [-0.05, 0) is 44.0 Å². The van der Waals surface area contributed by atoms with Crippen molar-refractivity contribution in [2.24, 2.45) is 0 Å². The maximum atomic E-state index is 12.5. The van der Waals surface area contributed by atoms with Gasteiger partial charge in [0.25, 0.3) is 0 Å². The monoisotopic (exact) mass is 352 g/mol. The van der Waals surface area contributed by atoms with Crippen LogP contribution in [0.2, 0.25) is 5.02 Å². The highest BCUT2D eigenvalue weighted by Crippen LogP contribution is 2.15. The lowest BCUT2D eigenvalue weighted by molar-refractivity contribution is -0.137. The van der Waals surface area contributed by atoms with E-state index in [4.69, 9.17) is 16.7 Å². The number of carboxylic acids is 1. The summed E-state index contributed by atoms with van der Waals surface area (Å²) >= 11 is 5.97. The zero-order valence-electron chi connectivity index (χ0n) is 14.1. The molecule has 6 heteroatoms. The number of carbonyl (C=O) groups is 2. The predicted octanol–water partition coefficient (Wildman–Crippen LogP) is 2.67. The molecule has 5 nitrogen and oxygen atoms in total. The third-order valence-electron chi connectivity index (χ3n) is 4.39. The third kappa shape index (κ3) is 5.80. The lowest BCUT2D eigenvalue weighted by atomic mass is 10.1. The van der Waals surface area contributed by atoms with Gasteiger partial charge in [0.1, 0.15) is 0 Å². The molecule has 1 aromatic rings. The number of carboxylic acid groups (broad SMARTS) is 1. The summed E-state index contributed by atoms with van der Waals surface area (Å²) in [5, 5.41) is 9.31. The maximum Gasteiger partial charge on any atom is 0.303 e. The first-order valence-corrected chi connectivity index (χ1v) is 8.81. The molecule has 0 aliphatic carbocycles. The minimum absolute atomic E-state index is 0.135. The molecule has 2 rings (SSSR count). The van der Waals surface area contributed by atoms with E-state index in [2.05, 4.69) is 11.8 Å². The number of aliphatic carboxylic acids is 1. The second-order valence-electron chi connectivity index (χ2n) is 6.39. The summed E-state index contributed by atoms with van der Waals surface area (Å²) in [6.07, 6.45) is 2.20. The van der Waals surface area contributed by atoms with E-state index in [1.807, 2.05) is 23.1 Å². The Labute approximate surface area is 148 Å². The van der Waals surface area contributed by atoms with Crippen molar-refractivity contribution < 1.29 is 14.7 Å². The van der Waals surface area contributed by atoms with Gasteiger partial charge >= 0.3 is 5.97 Å². The Bertz CT molecular complexity index is 579. The van der Waals surface area contributed by atoms with E-state index in [-0.39, 0.29) is 18.4 Å². The van der Waals surface area contributed by atoms with Gasteiger partial charge in [-0.25, -0.2) is 0 Å². The molecular formula is C18H25ClN2O3. The molecule has 1 aromatic carbocycles. The van der Waals surface area contributed by atoms with E-state index in [9.17, 15) is 9.59 Å². The normalized spacial score (nSPS) is 18.6. The van der Waals surface area contributed by atoms with Crippen LogP contribution < -0.4 is 0 Å². The number of piperazine rings is 1. The minimum atomic E-state index is -0.736.